The Morgan fingerprint density at radius 3 is 3.11 bits per heavy atom. The first-order chi connectivity index (χ1) is 4.34. The van der Waals surface area contributed by atoms with E-state index in [0.29, 0.717) is 6.54 Å². The molecule has 0 saturated carbocycles. The summed E-state index contributed by atoms with van der Waals surface area (Å²) in [5, 5.41) is 8.26. The van der Waals surface area contributed by atoms with Gasteiger partial charge in [-0.1, -0.05) is 0 Å². The molecule has 0 aromatic carbocycles. The Morgan fingerprint density at radius 1 is 1.89 bits per heavy atom. The van der Waals surface area contributed by atoms with Gasteiger partial charge in [-0.05, 0) is 22.6 Å². The van der Waals surface area contributed by atoms with Crippen molar-refractivity contribution < 1.29 is 0 Å². The van der Waals surface area contributed by atoms with Crippen LogP contribution in [0.2, 0.25) is 0 Å². The molecule has 0 unspecified atom stereocenters. The van der Waals surface area contributed by atoms with Gasteiger partial charge in [-0.3, -0.25) is 0 Å². The fourth-order valence-corrected chi connectivity index (χ4v) is 0.997. The van der Waals surface area contributed by atoms with Crippen molar-refractivity contribution in [3.05, 3.63) is 16.2 Å². The van der Waals surface area contributed by atoms with Gasteiger partial charge in [0, 0.05) is 12.4 Å². The van der Waals surface area contributed by atoms with Gasteiger partial charge in [0.05, 0.1) is 6.07 Å². The molecule has 0 spiro atoms. The molecule has 9 heavy (non-hydrogen) atoms. The molecule has 0 bridgehead atoms. The minimum Gasteiger partial charge on any atom is -0.313 e. The third-order valence-corrected chi connectivity index (χ3v) is 1.80. The van der Waals surface area contributed by atoms with E-state index in [0.717, 1.165) is 3.83 Å². The number of halogens is 1. The highest BCUT2D eigenvalue weighted by molar-refractivity contribution is 14.1. The number of nitriles is 1. The topological polar surface area (TPSA) is 41.6 Å². The lowest BCUT2D eigenvalue weighted by molar-refractivity contribution is 0.802. The molecule has 0 N–H and O–H groups in total. The van der Waals surface area contributed by atoms with Crippen LogP contribution in [0.25, 0.3) is 0 Å². The third kappa shape index (κ3) is 1.42. The quantitative estimate of drug-likeness (QED) is 0.679. The minimum absolute atomic E-state index is 0.387. The largest absolute Gasteiger partial charge is 0.313 e. The fraction of sp³-hybridized carbons (Fsp3) is 0.200. The van der Waals surface area contributed by atoms with Crippen LogP contribution in [0.5, 0.6) is 0 Å². The molecule has 0 radical (unpaired) electrons. The molecule has 0 aliphatic rings. The van der Waals surface area contributed by atoms with Gasteiger partial charge in [-0.2, -0.15) is 5.26 Å². The normalized spacial score (nSPS) is 8.89. The van der Waals surface area contributed by atoms with Gasteiger partial charge < -0.3 is 4.57 Å². The van der Waals surface area contributed by atoms with Crippen molar-refractivity contribution in [2.45, 2.75) is 6.54 Å². The summed E-state index contributed by atoms with van der Waals surface area (Å²) in [7, 11) is 0. The minimum atomic E-state index is 0.387. The van der Waals surface area contributed by atoms with Gasteiger partial charge in [0.15, 0.2) is 3.83 Å². The number of hydrogen-bond donors (Lipinski definition) is 0. The van der Waals surface area contributed by atoms with Crippen molar-refractivity contribution in [2.75, 3.05) is 0 Å². The van der Waals surface area contributed by atoms with Crippen LogP contribution in [0.3, 0.4) is 0 Å². The summed E-state index contributed by atoms with van der Waals surface area (Å²) in [6.07, 6.45) is 3.46. The second-order valence-corrected chi connectivity index (χ2v) is 2.45. The summed E-state index contributed by atoms with van der Waals surface area (Å²) in [4.78, 5) is 3.93. The van der Waals surface area contributed by atoms with Gasteiger partial charge in [0.25, 0.3) is 0 Å². The Kier molecular flexibility index (Phi) is 2.05. The molecule has 0 aliphatic heterocycles. The SMILES string of the molecule is N#CCn1ccnc1I. The van der Waals surface area contributed by atoms with Gasteiger partial charge in [-0.25, -0.2) is 4.98 Å². The summed E-state index contributed by atoms with van der Waals surface area (Å²) >= 11 is 2.08. The van der Waals surface area contributed by atoms with Crippen molar-refractivity contribution in [2.24, 2.45) is 0 Å². The van der Waals surface area contributed by atoms with E-state index in [-0.39, 0.29) is 0 Å². The highest BCUT2D eigenvalue weighted by Crippen LogP contribution is 1.99. The average Bonchev–Trinajstić information content (AvgIpc) is 2.18. The van der Waals surface area contributed by atoms with Crippen LogP contribution in [-0.2, 0) is 6.54 Å². The zero-order valence-corrected chi connectivity index (χ0v) is 6.74. The van der Waals surface area contributed by atoms with E-state index >= 15 is 0 Å². The van der Waals surface area contributed by atoms with Crippen LogP contribution in [0.15, 0.2) is 12.4 Å². The van der Waals surface area contributed by atoms with Crippen LogP contribution < -0.4 is 0 Å². The Hall–Kier alpha value is -0.570. The number of imidazole rings is 1. The average molecular weight is 233 g/mol. The van der Waals surface area contributed by atoms with Gasteiger partial charge >= 0.3 is 0 Å². The third-order valence-electron chi connectivity index (χ3n) is 0.906. The lowest BCUT2D eigenvalue weighted by Gasteiger charge is -1.91. The summed E-state index contributed by atoms with van der Waals surface area (Å²) in [6.45, 7) is 0.387. The van der Waals surface area contributed by atoms with Crippen molar-refractivity contribution in [1.29, 1.82) is 5.26 Å². The lowest BCUT2D eigenvalue weighted by atomic mass is 10.7. The predicted octanol–water partition coefficient (Wildman–Crippen LogP) is 1.01. The summed E-state index contributed by atoms with van der Waals surface area (Å²) in [5.74, 6) is 0. The van der Waals surface area contributed by atoms with Crippen LogP contribution in [0, 0.1) is 15.2 Å². The van der Waals surface area contributed by atoms with E-state index in [2.05, 4.69) is 27.6 Å². The van der Waals surface area contributed by atoms with Crippen molar-refractivity contribution in [3.8, 4) is 6.07 Å². The molecule has 3 nitrogen and oxygen atoms in total. The van der Waals surface area contributed by atoms with E-state index in [4.69, 9.17) is 5.26 Å². The molecule has 0 fully saturated rings. The molecule has 46 valence electrons. The van der Waals surface area contributed by atoms with E-state index in [1.165, 1.54) is 0 Å². The summed E-state index contributed by atoms with van der Waals surface area (Å²) in [5.41, 5.74) is 0. The molecule has 0 aliphatic carbocycles. The van der Waals surface area contributed by atoms with E-state index in [1.54, 1.807) is 17.0 Å². The summed E-state index contributed by atoms with van der Waals surface area (Å²) in [6, 6.07) is 2.03. The maximum absolute atomic E-state index is 8.26. The highest BCUT2D eigenvalue weighted by atomic mass is 127. The van der Waals surface area contributed by atoms with Gasteiger partial charge in [0.1, 0.15) is 6.54 Å². The molecule has 0 amide bonds. The first kappa shape index (κ1) is 6.55. The Bertz CT molecular complexity index is 235. The number of nitrogens with zero attached hydrogens (tertiary/aromatic N) is 3. The van der Waals surface area contributed by atoms with Crippen molar-refractivity contribution in [1.82, 2.24) is 9.55 Å². The van der Waals surface area contributed by atoms with Crippen molar-refractivity contribution >= 4 is 22.6 Å². The summed E-state index contributed by atoms with van der Waals surface area (Å²) < 4.78 is 2.63. The van der Waals surface area contributed by atoms with E-state index < -0.39 is 0 Å². The highest BCUT2D eigenvalue weighted by Gasteiger charge is 1.93. The van der Waals surface area contributed by atoms with Gasteiger partial charge in [-0.15, -0.1) is 0 Å². The maximum Gasteiger partial charge on any atom is 0.172 e. The molecule has 0 atom stereocenters. The second-order valence-electron chi connectivity index (χ2n) is 1.48. The molecule has 4 heteroatoms. The fourth-order valence-electron chi connectivity index (χ4n) is 0.505. The number of hydrogen-bond acceptors (Lipinski definition) is 2. The lowest BCUT2D eigenvalue weighted by Crippen LogP contribution is -1.95. The van der Waals surface area contributed by atoms with Crippen LogP contribution in [-0.4, -0.2) is 9.55 Å². The molecule has 1 aromatic heterocycles. The van der Waals surface area contributed by atoms with Crippen molar-refractivity contribution in [3.63, 3.8) is 0 Å². The standard InChI is InChI=1S/C5H4IN3/c6-5-8-2-4-9(5)3-1-7/h2,4H,3H2. The molecular formula is C5H4IN3. The Labute approximate surface area is 66.5 Å². The molecule has 0 saturated heterocycles. The second kappa shape index (κ2) is 2.82. The molecule has 1 aromatic rings. The maximum atomic E-state index is 8.26. The van der Waals surface area contributed by atoms with Crippen LogP contribution in [0.4, 0.5) is 0 Å². The first-order valence-corrected chi connectivity index (χ1v) is 3.46. The smallest absolute Gasteiger partial charge is 0.172 e. The first-order valence-electron chi connectivity index (χ1n) is 2.38. The Morgan fingerprint density at radius 2 is 2.67 bits per heavy atom. The predicted molar refractivity (Wildman–Crippen MR) is 40.6 cm³/mol. The zero-order chi connectivity index (χ0) is 6.69. The zero-order valence-electron chi connectivity index (χ0n) is 4.58. The number of rotatable bonds is 1. The Balaban J connectivity index is 2.84. The van der Waals surface area contributed by atoms with E-state index in [1.807, 2.05) is 6.07 Å². The molecule has 1 heterocycles. The monoisotopic (exact) mass is 233 g/mol. The van der Waals surface area contributed by atoms with Crippen LogP contribution in [0.1, 0.15) is 0 Å². The van der Waals surface area contributed by atoms with Gasteiger partial charge in [0.2, 0.25) is 0 Å². The molecule has 1 rings (SSSR count). The van der Waals surface area contributed by atoms with Crippen LogP contribution >= 0.6 is 22.6 Å². The van der Waals surface area contributed by atoms with E-state index in [9.17, 15) is 0 Å². The molecular weight excluding hydrogens is 229 g/mol. The number of aromatic nitrogens is 2.